The van der Waals surface area contributed by atoms with E-state index in [-0.39, 0.29) is 5.91 Å². The van der Waals surface area contributed by atoms with E-state index in [9.17, 15) is 4.79 Å². The summed E-state index contributed by atoms with van der Waals surface area (Å²) in [5, 5.41) is 3.64. The normalized spacial score (nSPS) is 10.4. The lowest BCUT2D eigenvalue weighted by Crippen LogP contribution is -2.13. The number of amides is 1. The zero-order valence-corrected chi connectivity index (χ0v) is 12.8. The van der Waals surface area contributed by atoms with Crippen LogP contribution in [0.1, 0.15) is 15.9 Å². The average molecular weight is 330 g/mol. The zero-order valence-electron chi connectivity index (χ0n) is 10.5. The third-order valence-corrected chi connectivity index (χ3v) is 3.65. The van der Waals surface area contributed by atoms with E-state index in [0.717, 1.165) is 5.56 Å². The second-order valence-corrected chi connectivity index (χ2v) is 5.55. The van der Waals surface area contributed by atoms with Gasteiger partial charge in [-0.25, -0.2) is 0 Å². The van der Waals surface area contributed by atoms with Gasteiger partial charge in [-0.15, -0.1) is 0 Å². The summed E-state index contributed by atoms with van der Waals surface area (Å²) in [5.41, 5.74) is 7.99. The highest BCUT2D eigenvalue weighted by atomic mass is 35.5. The second kappa shape index (κ2) is 5.92. The van der Waals surface area contributed by atoms with Gasteiger partial charge in [0.1, 0.15) is 0 Å². The topological polar surface area (TPSA) is 55.1 Å². The minimum Gasteiger partial charge on any atom is -0.399 e. The monoisotopic (exact) mass is 328 g/mol. The maximum Gasteiger partial charge on any atom is 0.255 e. The van der Waals surface area contributed by atoms with Crippen molar-refractivity contribution < 1.29 is 4.79 Å². The molecule has 0 saturated heterocycles. The van der Waals surface area contributed by atoms with E-state index in [1.165, 1.54) is 12.1 Å². The van der Waals surface area contributed by atoms with E-state index in [0.29, 0.717) is 32.0 Å². The van der Waals surface area contributed by atoms with Crippen LogP contribution >= 0.6 is 34.8 Å². The molecule has 3 nitrogen and oxygen atoms in total. The first-order valence-corrected chi connectivity index (χ1v) is 6.83. The highest BCUT2D eigenvalue weighted by Crippen LogP contribution is 2.32. The maximum atomic E-state index is 12.2. The lowest BCUT2D eigenvalue weighted by Gasteiger charge is -2.10. The Bertz CT molecular complexity index is 666. The molecular weight excluding hydrogens is 319 g/mol. The molecule has 0 spiro atoms. The standard InChI is InChI=1S/C14H11Cl3N2O/c1-7-2-8(4-9(18)3-7)14(20)19-13-6-11(16)10(15)5-12(13)17/h2-6H,18H2,1H3,(H,19,20). The Hall–Kier alpha value is -1.42. The fraction of sp³-hybridized carbons (Fsp3) is 0.0714. The van der Waals surface area contributed by atoms with Gasteiger partial charge < -0.3 is 11.1 Å². The first kappa shape index (κ1) is 15.0. The number of nitrogens with one attached hydrogen (secondary N) is 1. The van der Waals surface area contributed by atoms with Crippen LogP contribution in [-0.4, -0.2) is 5.91 Å². The molecule has 6 heteroatoms. The van der Waals surface area contributed by atoms with Crippen molar-refractivity contribution in [1.82, 2.24) is 0 Å². The predicted octanol–water partition coefficient (Wildman–Crippen LogP) is 4.79. The molecule has 0 aliphatic carbocycles. The third kappa shape index (κ3) is 3.37. The van der Waals surface area contributed by atoms with Crippen LogP contribution in [0.2, 0.25) is 15.1 Å². The van der Waals surface area contributed by atoms with Crippen molar-refractivity contribution in [3.63, 3.8) is 0 Å². The van der Waals surface area contributed by atoms with Crippen LogP contribution in [0.4, 0.5) is 11.4 Å². The van der Waals surface area contributed by atoms with Gasteiger partial charge in [-0.3, -0.25) is 4.79 Å². The number of hydrogen-bond acceptors (Lipinski definition) is 2. The molecule has 0 radical (unpaired) electrons. The van der Waals surface area contributed by atoms with Crippen LogP contribution in [0, 0.1) is 6.92 Å². The van der Waals surface area contributed by atoms with Crippen LogP contribution in [0.15, 0.2) is 30.3 Å². The van der Waals surface area contributed by atoms with E-state index in [4.69, 9.17) is 40.5 Å². The van der Waals surface area contributed by atoms with Crippen molar-refractivity contribution in [3.05, 3.63) is 56.5 Å². The van der Waals surface area contributed by atoms with Crippen molar-refractivity contribution in [1.29, 1.82) is 0 Å². The first-order chi connectivity index (χ1) is 9.36. The predicted molar refractivity (Wildman–Crippen MR) is 85.0 cm³/mol. The highest BCUT2D eigenvalue weighted by molar-refractivity contribution is 6.44. The lowest BCUT2D eigenvalue weighted by atomic mass is 10.1. The number of anilines is 2. The van der Waals surface area contributed by atoms with Crippen LogP contribution in [0.25, 0.3) is 0 Å². The van der Waals surface area contributed by atoms with Gasteiger partial charge in [0.15, 0.2) is 0 Å². The molecule has 2 rings (SSSR count). The summed E-state index contributed by atoms with van der Waals surface area (Å²) < 4.78 is 0. The highest BCUT2D eigenvalue weighted by Gasteiger charge is 2.11. The molecule has 104 valence electrons. The van der Waals surface area contributed by atoms with Crippen molar-refractivity contribution in [2.75, 3.05) is 11.1 Å². The Morgan fingerprint density at radius 1 is 1.00 bits per heavy atom. The molecule has 0 fully saturated rings. The molecule has 0 saturated carbocycles. The summed E-state index contributed by atoms with van der Waals surface area (Å²) in [7, 11) is 0. The number of aryl methyl sites for hydroxylation is 1. The number of carbonyl (C=O) groups is 1. The summed E-state index contributed by atoms with van der Waals surface area (Å²) in [5.74, 6) is -0.319. The lowest BCUT2D eigenvalue weighted by molar-refractivity contribution is 0.102. The molecule has 0 aromatic heterocycles. The Kier molecular flexibility index (Phi) is 4.43. The van der Waals surface area contributed by atoms with Crippen LogP contribution in [0.3, 0.4) is 0 Å². The average Bonchev–Trinajstić information content (AvgIpc) is 2.34. The van der Waals surface area contributed by atoms with Crippen molar-refractivity contribution >= 4 is 52.1 Å². The summed E-state index contributed by atoms with van der Waals surface area (Å²) >= 11 is 17.8. The summed E-state index contributed by atoms with van der Waals surface area (Å²) in [4.78, 5) is 12.2. The number of carbonyl (C=O) groups excluding carboxylic acids is 1. The maximum absolute atomic E-state index is 12.2. The molecule has 0 aliphatic heterocycles. The Labute approximate surface area is 131 Å². The molecule has 0 bridgehead atoms. The van der Waals surface area contributed by atoms with Gasteiger partial charge in [0.2, 0.25) is 0 Å². The van der Waals surface area contributed by atoms with E-state index in [1.807, 2.05) is 6.92 Å². The van der Waals surface area contributed by atoms with Crippen molar-refractivity contribution in [2.24, 2.45) is 0 Å². The molecular formula is C14H11Cl3N2O. The van der Waals surface area contributed by atoms with E-state index < -0.39 is 0 Å². The molecule has 3 N–H and O–H groups in total. The van der Waals surface area contributed by atoms with Crippen LogP contribution in [-0.2, 0) is 0 Å². The van der Waals surface area contributed by atoms with E-state index in [1.54, 1.807) is 18.2 Å². The van der Waals surface area contributed by atoms with Gasteiger partial charge in [0.05, 0.1) is 20.8 Å². The zero-order chi connectivity index (χ0) is 14.9. The van der Waals surface area contributed by atoms with Gasteiger partial charge in [-0.05, 0) is 42.8 Å². The van der Waals surface area contributed by atoms with Crippen LogP contribution in [0.5, 0.6) is 0 Å². The fourth-order valence-electron chi connectivity index (χ4n) is 1.76. The third-order valence-electron chi connectivity index (χ3n) is 2.62. The SMILES string of the molecule is Cc1cc(N)cc(C(=O)Nc2cc(Cl)c(Cl)cc2Cl)c1. The number of halogens is 3. The largest absolute Gasteiger partial charge is 0.399 e. The molecule has 0 unspecified atom stereocenters. The molecule has 20 heavy (non-hydrogen) atoms. The number of nitrogen functional groups attached to an aromatic ring is 1. The molecule has 0 heterocycles. The summed E-state index contributed by atoms with van der Waals surface area (Å²) in [6.07, 6.45) is 0. The minimum absolute atomic E-state index is 0.313. The van der Waals surface area contributed by atoms with Gasteiger partial charge in [-0.2, -0.15) is 0 Å². The molecule has 2 aromatic carbocycles. The van der Waals surface area contributed by atoms with Gasteiger partial charge in [0, 0.05) is 11.3 Å². The number of hydrogen-bond donors (Lipinski definition) is 2. The summed E-state index contributed by atoms with van der Waals surface area (Å²) in [6.45, 7) is 1.86. The fourth-order valence-corrected chi connectivity index (χ4v) is 2.35. The van der Waals surface area contributed by atoms with E-state index in [2.05, 4.69) is 5.32 Å². The smallest absolute Gasteiger partial charge is 0.255 e. The summed E-state index contributed by atoms with van der Waals surface area (Å²) in [6, 6.07) is 8.09. The second-order valence-electron chi connectivity index (χ2n) is 4.33. The Morgan fingerprint density at radius 2 is 1.65 bits per heavy atom. The Morgan fingerprint density at radius 3 is 2.30 bits per heavy atom. The van der Waals surface area contributed by atoms with E-state index >= 15 is 0 Å². The number of nitrogens with two attached hydrogens (primary N) is 1. The minimum atomic E-state index is -0.319. The van der Waals surface area contributed by atoms with Crippen molar-refractivity contribution in [2.45, 2.75) is 6.92 Å². The molecule has 2 aromatic rings. The van der Waals surface area contributed by atoms with Gasteiger partial charge in [0.25, 0.3) is 5.91 Å². The number of rotatable bonds is 2. The Balaban J connectivity index is 2.30. The van der Waals surface area contributed by atoms with Crippen LogP contribution < -0.4 is 11.1 Å². The quantitative estimate of drug-likeness (QED) is 0.615. The molecule has 0 aliphatic rings. The van der Waals surface area contributed by atoms with Gasteiger partial charge >= 0.3 is 0 Å². The first-order valence-electron chi connectivity index (χ1n) is 5.70. The number of benzene rings is 2. The molecule has 1 amide bonds. The molecule has 0 atom stereocenters. The van der Waals surface area contributed by atoms with Gasteiger partial charge in [-0.1, -0.05) is 34.8 Å². The van der Waals surface area contributed by atoms with Crippen molar-refractivity contribution in [3.8, 4) is 0 Å².